The van der Waals surface area contributed by atoms with Crippen LogP contribution in [0.5, 0.6) is 0 Å². The number of hydrogen-bond acceptors (Lipinski definition) is 5. The Kier molecular flexibility index (Phi) is 6.49. The number of carbonyl (C=O) groups is 3. The van der Waals surface area contributed by atoms with E-state index in [1.54, 1.807) is 42.8 Å². The van der Waals surface area contributed by atoms with Crippen LogP contribution in [0.4, 0.5) is 11.4 Å². The summed E-state index contributed by atoms with van der Waals surface area (Å²) in [5, 5.41) is 9.77. The molecule has 2 aromatic carbocycles. The third-order valence-corrected chi connectivity index (χ3v) is 4.62. The predicted molar refractivity (Wildman–Crippen MR) is 117 cm³/mol. The van der Waals surface area contributed by atoms with E-state index in [4.69, 9.17) is 4.74 Å². The highest BCUT2D eigenvalue weighted by Gasteiger charge is 2.25. The van der Waals surface area contributed by atoms with Crippen LogP contribution in [0, 0.1) is 13.8 Å². The molecule has 0 spiro atoms. The molecule has 0 unspecified atom stereocenters. The van der Waals surface area contributed by atoms with Crippen LogP contribution in [-0.4, -0.2) is 33.7 Å². The lowest BCUT2D eigenvalue weighted by atomic mass is 10.2. The highest BCUT2D eigenvalue weighted by Crippen LogP contribution is 2.20. The fourth-order valence-electron chi connectivity index (χ4n) is 3.12. The van der Waals surface area contributed by atoms with E-state index < -0.39 is 18.0 Å². The molecule has 2 N–H and O–H groups in total. The Morgan fingerprint density at radius 2 is 1.52 bits per heavy atom. The average molecular weight is 420 g/mol. The molecule has 0 aliphatic carbocycles. The molecule has 31 heavy (non-hydrogen) atoms. The molecule has 0 saturated carbocycles. The third kappa shape index (κ3) is 5.16. The molecule has 0 fully saturated rings. The summed E-state index contributed by atoms with van der Waals surface area (Å²) in [6.45, 7) is 6.43. The number of hydrogen-bond donors (Lipinski definition) is 2. The Hall–Kier alpha value is -3.94. The Labute approximate surface area is 180 Å². The standard InChI is InChI=1S/C23H24N4O4/c1-14-21(15(2)27(26-14)20-8-6-5-7-9-20)23(30)31-16(3)22(29)25-19-12-10-18(11-13-19)24-17(4)28/h5-13,16H,1-4H3,(H,24,28)(H,25,29)/t16-/m1/s1. The molecule has 160 valence electrons. The first-order valence-corrected chi connectivity index (χ1v) is 9.77. The lowest BCUT2D eigenvalue weighted by Crippen LogP contribution is -2.30. The number of nitrogens with zero attached hydrogens (tertiary/aromatic N) is 2. The van der Waals surface area contributed by atoms with Gasteiger partial charge in [-0.2, -0.15) is 5.10 Å². The second kappa shape index (κ2) is 9.25. The van der Waals surface area contributed by atoms with E-state index in [1.165, 1.54) is 13.8 Å². The summed E-state index contributed by atoms with van der Waals surface area (Å²) in [4.78, 5) is 36.3. The fourth-order valence-corrected chi connectivity index (χ4v) is 3.12. The van der Waals surface area contributed by atoms with E-state index in [2.05, 4.69) is 15.7 Å². The van der Waals surface area contributed by atoms with Crippen molar-refractivity contribution in [3.63, 3.8) is 0 Å². The van der Waals surface area contributed by atoms with E-state index in [-0.39, 0.29) is 5.91 Å². The maximum atomic E-state index is 12.7. The van der Waals surface area contributed by atoms with Crippen molar-refractivity contribution in [3.05, 3.63) is 71.5 Å². The van der Waals surface area contributed by atoms with Crippen molar-refractivity contribution in [1.82, 2.24) is 9.78 Å². The molecule has 1 atom stereocenters. The largest absolute Gasteiger partial charge is 0.449 e. The molecule has 0 aliphatic heterocycles. The van der Waals surface area contributed by atoms with Gasteiger partial charge in [0, 0.05) is 18.3 Å². The average Bonchev–Trinajstić information content (AvgIpc) is 3.03. The number of nitrogens with one attached hydrogen (secondary N) is 2. The highest BCUT2D eigenvalue weighted by atomic mass is 16.5. The molecule has 2 amide bonds. The number of carbonyl (C=O) groups excluding carboxylic acids is 3. The summed E-state index contributed by atoms with van der Waals surface area (Å²) < 4.78 is 7.07. The summed E-state index contributed by atoms with van der Waals surface area (Å²) in [7, 11) is 0. The molecule has 0 bridgehead atoms. The van der Waals surface area contributed by atoms with Crippen LogP contribution >= 0.6 is 0 Å². The number of benzene rings is 2. The maximum Gasteiger partial charge on any atom is 0.342 e. The number of anilines is 2. The van der Waals surface area contributed by atoms with Gasteiger partial charge in [-0.05, 0) is 57.2 Å². The maximum absolute atomic E-state index is 12.7. The Morgan fingerprint density at radius 1 is 0.935 bits per heavy atom. The predicted octanol–water partition coefficient (Wildman–Crippen LogP) is 3.63. The molecule has 0 radical (unpaired) electrons. The number of aromatic nitrogens is 2. The molecule has 3 aromatic rings. The molecule has 3 rings (SSSR count). The van der Waals surface area contributed by atoms with Gasteiger partial charge in [-0.3, -0.25) is 9.59 Å². The zero-order valence-corrected chi connectivity index (χ0v) is 17.8. The quantitative estimate of drug-likeness (QED) is 0.593. The van der Waals surface area contributed by atoms with Crippen LogP contribution < -0.4 is 10.6 Å². The zero-order valence-electron chi connectivity index (χ0n) is 17.8. The van der Waals surface area contributed by atoms with Gasteiger partial charge in [0.1, 0.15) is 5.56 Å². The minimum absolute atomic E-state index is 0.182. The Morgan fingerprint density at radius 3 is 2.10 bits per heavy atom. The topological polar surface area (TPSA) is 102 Å². The van der Waals surface area contributed by atoms with Crippen LogP contribution in [-0.2, 0) is 14.3 Å². The minimum atomic E-state index is -1.01. The Bertz CT molecular complexity index is 1100. The normalized spacial score (nSPS) is 11.5. The van der Waals surface area contributed by atoms with E-state index in [9.17, 15) is 14.4 Å². The van der Waals surface area contributed by atoms with Gasteiger partial charge in [-0.25, -0.2) is 9.48 Å². The first-order valence-electron chi connectivity index (χ1n) is 9.77. The molecular formula is C23H24N4O4. The van der Waals surface area contributed by atoms with Crippen LogP contribution in [0.3, 0.4) is 0 Å². The first kappa shape index (κ1) is 21.8. The molecule has 1 heterocycles. The second-order valence-corrected chi connectivity index (χ2v) is 7.09. The summed E-state index contributed by atoms with van der Waals surface area (Å²) in [6, 6.07) is 16.1. The van der Waals surface area contributed by atoms with Gasteiger partial charge in [0.05, 0.1) is 17.1 Å². The van der Waals surface area contributed by atoms with Crippen molar-refractivity contribution in [2.45, 2.75) is 33.8 Å². The lowest BCUT2D eigenvalue weighted by Gasteiger charge is -2.14. The molecule has 8 heteroatoms. The SMILES string of the molecule is CC(=O)Nc1ccc(NC(=O)[C@@H](C)OC(=O)c2c(C)nn(-c3ccccc3)c2C)cc1. The van der Waals surface area contributed by atoms with Gasteiger partial charge in [0.2, 0.25) is 5.91 Å². The second-order valence-electron chi connectivity index (χ2n) is 7.09. The third-order valence-electron chi connectivity index (χ3n) is 4.62. The monoisotopic (exact) mass is 420 g/mol. The van der Waals surface area contributed by atoms with Crippen LogP contribution in [0.15, 0.2) is 54.6 Å². The zero-order chi connectivity index (χ0) is 22.5. The van der Waals surface area contributed by atoms with E-state index in [1.807, 2.05) is 30.3 Å². The smallest absolute Gasteiger partial charge is 0.342 e. The van der Waals surface area contributed by atoms with E-state index in [0.717, 1.165) is 5.69 Å². The molecule has 8 nitrogen and oxygen atoms in total. The van der Waals surface area contributed by atoms with Gasteiger partial charge < -0.3 is 15.4 Å². The van der Waals surface area contributed by atoms with Crippen molar-refractivity contribution < 1.29 is 19.1 Å². The lowest BCUT2D eigenvalue weighted by molar-refractivity contribution is -0.123. The van der Waals surface area contributed by atoms with E-state index >= 15 is 0 Å². The summed E-state index contributed by atoms with van der Waals surface area (Å²) in [5.41, 5.74) is 3.46. The molecule has 0 aliphatic rings. The number of esters is 1. The fraction of sp³-hybridized carbons (Fsp3) is 0.217. The number of ether oxygens (including phenoxy) is 1. The van der Waals surface area contributed by atoms with Gasteiger partial charge in [0.15, 0.2) is 6.10 Å². The summed E-state index contributed by atoms with van der Waals surface area (Å²) >= 11 is 0. The van der Waals surface area contributed by atoms with Crippen LogP contribution in [0.1, 0.15) is 35.6 Å². The summed E-state index contributed by atoms with van der Waals surface area (Å²) in [5.74, 6) is -1.26. The molecule has 1 aromatic heterocycles. The van der Waals surface area contributed by atoms with Gasteiger partial charge in [-0.1, -0.05) is 18.2 Å². The Balaban J connectivity index is 1.67. The minimum Gasteiger partial charge on any atom is -0.449 e. The van der Waals surface area contributed by atoms with Crippen molar-refractivity contribution in [2.75, 3.05) is 10.6 Å². The van der Waals surface area contributed by atoms with Gasteiger partial charge >= 0.3 is 5.97 Å². The van der Waals surface area contributed by atoms with Gasteiger partial charge in [-0.15, -0.1) is 0 Å². The highest BCUT2D eigenvalue weighted by molar-refractivity contribution is 5.98. The van der Waals surface area contributed by atoms with Crippen molar-refractivity contribution in [3.8, 4) is 5.69 Å². The molecule has 0 saturated heterocycles. The van der Waals surface area contributed by atoms with Crippen molar-refractivity contribution in [2.24, 2.45) is 0 Å². The van der Waals surface area contributed by atoms with Crippen LogP contribution in [0.2, 0.25) is 0 Å². The molecular weight excluding hydrogens is 396 g/mol. The number of amides is 2. The van der Waals surface area contributed by atoms with Gasteiger partial charge in [0.25, 0.3) is 5.91 Å². The van der Waals surface area contributed by atoms with Crippen molar-refractivity contribution >= 4 is 29.2 Å². The van der Waals surface area contributed by atoms with Crippen LogP contribution in [0.25, 0.3) is 5.69 Å². The number of para-hydroxylation sites is 1. The first-order chi connectivity index (χ1) is 14.8. The number of aryl methyl sites for hydroxylation is 1. The van der Waals surface area contributed by atoms with Crippen molar-refractivity contribution in [1.29, 1.82) is 0 Å². The van der Waals surface area contributed by atoms with E-state index in [0.29, 0.717) is 28.3 Å². The number of rotatable bonds is 6. The summed E-state index contributed by atoms with van der Waals surface area (Å²) in [6.07, 6.45) is -1.01.